The molecule has 1 heterocycles. The summed E-state index contributed by atoms with van der Waals surface area (Å²) in [6, 6.07) is 27.9. The number of fused-ring (bicyclic) bond motifs is 2. The standard InChI is InChI=1S/C26H25BO2/c1-25(2)26(3,4)29-27(28-25)23-17-16-19-11-6-8-14-21(19)24(23)22-15-9-12-18-10-5-7-13-20(18)22/h5-17H,1-4H3. The second-order valence-electron chi connectivity index (χ2n) is 8.87. The van der Waals surface area contributed by atoms with Gasteiger partial charge in [-0.1, -0.05) is 78.9 Å². The third-order valence-corrected chi connectivity index (χ3v) is 6.53. The minimum absolute atomic E-state index is 0.376. The molecule has 1 aliphatic rings. The van der Waals surface area contributed by atoms with Crippen LogP contribution in [0.4, 0.5) is 0 Å². The average molecular weight is 380 g/mol. The molecular weight excluding hydrogens is 355 g/mol. The lowest BCUT2D eigenvalue weighted by Crippen LogP contribution is -2.41. The van der Waals surface area contributed by atoms with Gasteiger partial charge >= 0.3 is 7.12 Å². The predicted molar refractivity (Wildman–Crippen MR) is 123 cm³/mol. The molecule has 3 heteroatoms. The molecule has 4 aromatic carbocycles. The highest BCUT2D eigenvalue weighted by atomic mass is 16.7. The topological polar surface area (TPSA) is 18.5 Å². The smallest absolute Gasteiger partial charge is 0.399 e. The van der Waals surface area contributed by atoms with Gasteiger partial charge in [-0.15, -0.1) is 0 Å². The van der Waals surface area contributed by atoms with E-state index in [1.54, 1.807) is 0 Å². The van der Waals surface area contributed by atoms with E-state index in [-0.39, 0.29) is 11.2 Å². The monoisotopic (exact) mass is 380 g/mol. The molecule has 1 aliphatic heterocycles. The van der Waals surface area contributed by atoms with Gasteiger partial charge in [0, 0.05) is 0 Å². The van der Waals surface area contributed by atoms with E-state index in [9.17, 15) is 0 Å². The van der Waals surface area contributed by atoms with Gasteiger partial charge < -0.3 is 9.31 Å². The molecule has 0 atom stereocenters. The van der Waals surface area contributed by atoms with Crippen molar-refractivity contribution in [2.24, 2.45) is 0 Å². The lowest BCUT2D eigenvalue weighted by atomic mass is 9.72. The molecule has 0 aromatic heterocycles. The van der Waals surface area contributed by atoms with Crippen molar-refractivity contribution in [1.82, 2.24) is 0 Å². The highest BCUT2D eigenvalue weighted by Gasteiger charge is 2.52. The molecule has 144 valence electrons. The molecule has 0 saturated carbocycles. The molecule has 0 amide bonds. The van der Waals surface area contributed by atoms with Crippen molar-refractivity contribution in [2.75, 3.05) is 0 Å². The molecule has 1 saturated heterocycles. The molecule has 0 bridgehead atoms. The first kappa shape index (κ1) is 18.4. The highest BCUT2D eigenvalue weighted by molar-refractivity contribution is 6.64. The van der Waals surface area contributed by atoms with Crippen molar-refractivity contribution in [3.05, 3.63) is 78.9 Å². The summed E-state index contributed by atoms with van der Waals surface area (Å²) < 4.78 is 12.9. The minimum Gasteiger partial charge on any atom is -0.399 e. The Balaban J connectivity index is 1.81. The lowest BCUT2D eigenvalue weighted by molar-refractivity contribution is 0.00578. The van der Waals surface area contributed by atoms with Gasteiger partial charge in [0.15, 0.2) is 0 Å². The second kappa shape index (κ2) is 6.45. The molecule has 0 unspecified atom stereocenters. The van der Waals surface area contributed by atoms with Crippen LogP contribution in [0.15, 0.2) is 78.9 Å². The molecule has 0 radical (unpaired) electrons. The predicted octanol–water partition coefficient (Wildman–Crippen LogP) is 5.96. The van der Waals surface area contributed by atoms with E-state index >= 15 is 0 Å². The third kappa shape index (κ3) is 2.88. The highest BCUT2D eigenvalue weighted by Crippen LogP contribution is 2.39. The summed E-state index contributed by atoms with van der Waals surface area (Å²) in [5.41, 5.74) is 2.74. The largest absolute Gasteiger partial charge is 0.495 e. The molecule has 0 aliphatic carbocycles. The zero-order chi connectivity index (χ0) is 20.2. The summed E-state index contributed by atoms with van der Waals surface area (Å²) in [6.07, 6.45) is 0. The fourth-order valence-corrected chi connectivity index (χ4v) is 4.20. The van der Waals surface area contributed by atoms with Gasteiger partial charge in [-0.3, -0.25) is 0 Å². The summed E-state index contributed by atoms with van der Waals surface area (Å²) in [7, 11) is -0.404. The van der Waals surface area contributed by atoms with Crippen LogP contribution in [0, 0.1) is 0 Å². The van der Waals surface area contributed by atoms with Crippen LogP contribution >= 0.6 is 0 Å². The van der Waals surface area contributed by atoms with Crippen molar-refractivity contribution < 1.29 is 9.31 Å². The van der Waals surface area contributed by atoms with Gasteiger partial charge in [-0.05, 0) is 65.8 Å². The first-order valence-corrected chi connectivity index (χ1v) is 10.2. The van der Waals surface area contributed by atoms with Gasteiger partial charge in [0.05, 0.1) is 11.2 Å². The second-order valence-corrected chi connectivity index (χ2v) is 8.87. The van der Waals surface area contributed by atoms with E-state index in [4.69, 9.17) is 9.31 Å². The fraction of sp³-hybridized carbons (Fsp3) is 0.231. The van der Waals surface area contributed by atoms with Crippen molar-refractivity contribution >= 4 is 34.1 Å². The zero-order valence-electron chi connectivity index (χ0n) is 17.4. The maximum Gasteiger partial charge on any atom is 0.495 e. The van der Waals surface area contributed by atoms with E-state index in [1.807, 2.05) is 0 Å². The first-order chi connectivity index (χ1) is 13.9. The van der Waals surface area contributed by atoms with Gasteiger partial charge in [-0.25, -0.2) is 0 Å². The number of hydrogen-bond donors (Lipinski definition) is 0. The minimum atomic E-state index is -0.404. The molecule has 5 rings (SSSR count). The Labute approximate surface area is 172 Å². The Bertz CT molecular complexity index is 1200. The molecule has 2 nitrogen and oxygen atoms in total. The number of rotatable bonds is 2. The Morgan fingerprint density at radius 3 is 1.83 bits per heavy atom. The van der Waals surface area contributed by atoms with E-state index in [1.165, 1.54) is 32.7 Å². The summed E-state index contributed by atoms with van der Waals surface area (Å²) in [5, 5.41) is 4.91. The molecule has 0 N–H and O–H groups in total. The van der Waals surface area contributed by atoms with Crippen LogP contribution in [0.3, 0.4) is 0 Å². The normalized spacial score (nSPS) is 17.9. The van der Waals surface area contributed by atoms with Crippen molar-refractivity contribution in [3.63, 3.8) is 0 Å². The Hall–Kier alpha value is -2.62. The quantitative estimate of drug-likeness (QED) is 0.400. The van der Waals surface area contributed by atoms with Crippen molar-refractivity contribution in [1.29, 1.82) is 0 Å². The lowest BCUT2D eigenvalue weighted by Gasteiger charge is -2.32. The summed E-state index contributed by atoms with van der Waals surface area (Å²) in [5.74, 6) is 0. The van der Waals surface area contributed by atoms with Crippen LogP contribution < -0.4 is 5.46 Å². The van der Waals surface area contributed by atoms with Gasteiger partial charge in [-0.2, -0.15) is 0 Å². The molecule has 0 spiro atoms. The van der Waals surface area contributed by atoms with Crippen LogP contribution in [0.25, 0.3) is 32.7 Å². The van der Waals surface area contributed by atoms with Crippen LogP contribution in [0.5, 0.6) is 0 Å². The van der Waals surface area contributed by atoms with Crippen molar-refractivity contribution in [3.8, 4) is 11.1 Å². The number of benzene rings is 4. The van der Waals surface area contributed by atoms with Crippen LogP contribution in [-0.4, -0.2) is 18.3 Å². The van der Waals surface area contributed by atoms with Gasteiger partial charge in [0.1, 0.15) is 0 Å². The maximum atomic E-state index is 6.45. The average Bonchev–Trinajstić information content (AvgIpc) is 2.93. The molecule has 4 aromatic rings. The van der Waals surface area contributed by atoms with Crippen LogP contribution in [0.1, 0.15) is 27.7 Å². The summed E-state index contributed by atoms with van der Waals surface area (Å²) >= 11 is 0. The first-order valence-electron chi connectivity index (χ1n) is 10.2. The van der Waals surface area contributed by atoms with E-state index in [0.29, 0.717) is 0 Å². The molecular formula is C26H25BO2. The Morgan fingerprint density at radius 2 is 1.14 bits per heavy atom. The molecule has 29 heavy (non-hydrogen) atoms. The SMILES string of the molecule is CC1(C)OB(c2ccc3ccccc3c2-c2cccc3ccccc23)OC1(C)C. The number of hydrogen-bond acceptors (Lipinski definition) is 2. The van der Waals surface area contributed by atoms with E-state index < -0.39 is 7.12 Å². The van der Waals surface area contributed by atoms with Crippen LogP contribution in [0.2, 0.25) is 0 Å². The van der Waals surface area contributed by atoms with Gasteiger partial charge in [0.25, 0.3) is 0 Å². The summed E-state index contributed by atoms with van der Waals surface area (Å²) in [4.78, 5) is 0. The Kier molecular flexibility index (Phi) is 4.09. The Morgan fingerprint density at radius 1 is 0.586 bits per heavy atom. The van der Waals surface area contributed by atoms with E-state index in [2.05, 4.69) is 107 Å². The zero-order valence-corrected chi connectivity index (χ0v) is 17.4. The van der Waals surface area contributed by atoms with Crippen LogP contribution in [-0.2, 0) is 9.31 Å². The summed E-state index contributed by atoms with van der Waals surface area (Å²) in [6.45, 7) is 8.41. The third-order valence-electron chi connectivity index (χ3n) is 6.53. The van der Waals surface area contributed by atoms with E-state index in [0.717, 1.165) is 5.46 Å². The molecule has 1 fully saturated rings. The van der Waals surface area contributed by atoms with Crippen molar-refractivity contribution in [2.45, 2.75) is 38.9 Å². The maximum absolute atomic E-state index is 6.45. The van der Waals surface area contributed by atoms with Gasteiger partial charge in [0.2, 0.25) is 0 Å². The fourth-order valence-electron chi connectivity index (χ4n) is 4.20.